The van der Waals surface area contributed by atoms with Crippen LogP contribution in [-0.2, 0) is 4.79 Å². The highest BCUT2D eigenvalue weighted by Gasteiger charge is 2.30. The van der Waals surface area contributed by atoms with Gasteiger partial charge in [0.15, 0.2) is 0 Å². The summed E-state index contributed by atoms with van der Waals surface area (Å²) in [6.07, 6.45) is 0. The van der Waals surface area contributed by atoms with Gasteiger partial charge in [-0.15, -0.1) is 0 Å². The molecule has 0 bridgehead atoms. The zero-order chi connectivity index (χ0) is 10.1. The van der Waals surface area contributed by atoms with Crippen LogP contribution in [0.2, 0.25) is 0 Å². The Kier molecular flexibility index (Phi) is 1.96. The van der Waals surface area contributed by atoms with Crippen LogP contribution in [0.15, 0.2) is 18.2 Å². The SMILES string of the molecule is CCOc1cccc2c1NC(=O)C2=O. The van der Waals surface area contributed by atoms with E-state index in [0.29, 0.717) is 23.6 Å². The number of Topliss-reactive ketones (excluding diaryl/α,β-unsaturated/α-hetero) is 1. The summed E-state index contributed by atoms with van der Waals surface area (Å²) in [6, 6.07) is 5.03. The summed E-state index contributed by atoms with van der Waals surface area (Å²) in [6.45, 7) is 2.35. The first-order valence-electron chi connectivity index (χ1n) is 4.35. The van der Waals surface area contributed by atoms with Gasteiger partial charge in [-0.05, 0) is 19.1 Å². The van der Waals surface area contributed by atoms with Crippen LogP contribution in [-0.4, -0.2) is 18.3 Å². The van der Waals surface area contributed by atoms with Crippen molar-refractivity contribution in [3.05, 3.63) is 23.8 Å². The predicted octanol–water partition coefficient (Wildman–Crippen LogP) is 1.22. The highest BCUT2D eigenvalue weighted by Crippen LogP contribution is 2.32. The molecule has 0 unspecified atom stereocenters. The van der Waals surface area contributed by atoms with Crippen molar-refractivity contribution >= 4 is 17.4 Å². The molecule has 0 saturated carbocycles. The Labute approximate surface area is 80.9 Å². The van der Waals surface area contributed by atoms with Crippen LogP contribution in [0.5, 0.6) is 5.75 Å². The molecule has 72 valence electrons. The normalized spacial score (nSPS) is 13.8. The Balaban J connectivity index is 2.50. The van der Waals surface area contributed by atoms with E-state index in [9.17, 15) is 9.59 Å². The van der Waals surface area contributed by atoms with Crippen molar-refractivity contribution in [1.82, 2.24) is 0 Å². The first kappa shape index (κ1) is 8.74. The zero-order valence-electron chi connectivity index (χ0n) is 7.66. The van der Waals surface area contributed by atoms with Crippen LogP contribution in [0.3, 0.4) is 0 Å². The van der Waals surface area contributed by atoms with E-state index < -0.39 is 11.7 Å². The summed E-state index contributed by atoms with van der Waals surface area (Å²) in [5, 5.41) is 2.49. The average molecular weight is 191 g/mol. The monoisotopic (exact) mass is 191 g/mol. The first-order valence-corrected chi connectivity index (χ1v) is 4.35. The third-order valence-corrected chi connectivity index (χ3v) is 2.02. The van der Waals surface area contributed by atoms with Gasteiger partial charge in [0.05, 0.1) is 17.9 Å². The van der Waals surface area contributed by atoms with Gasteiger partial charge < -0.3 is 10.1 Å². The molecule has 0 fully saturated rings. The number of para-hydroxylation sites is 1. The van der Waals surface area contributed by atoms with E-state index in [1.807, 2.05) is 6.92 Å². The van der Waals surface area contributed by atoms with Gasteiger partial charge in [-0.25, -0.2) is 0 Å². The molecule has 1 amide bonds. The van der Waals surface area contributed by atoms with Crippen molar-refractivity contribution in [2.24, 2.45) is 0 Å². The van der Waals surface area contributed by atoms with Crippen LogP contribution in [0.1, 0.15) is 17.3 Å². The number of fused-ring (bicyclic) bond motifs is 1. The van der Waals surface area contributed by atoms with E-state index in [4.69, 9.17) is 4.74 Å². The molecule has 0 aliphatic carbocycles. The fourth-order valence-electron chi connectivity index (χ4n) is 1.42. The maximum Gasteiger partial charge on any atom is 0.296 e. The number of nitrogens with one attached hydrogen (secondary N) is 1. The van der Waals surface area contributed by atoms with Gasteiger partial charge in [0.2, 0.25) is 0 Å². The number of ketones is 1. The van der Waals surface area contributed by atoms with Crippen LogP contribution in [0.25, 0.3) is 0 Å². The van der Waals surface area contributed by atoms with Crippen molar-refractivity contribution in [3.8, 4) is 5.75 Å². The van der Waals surface area contributed by atoms with E-state index in [-0.39, 0.29) is 0 Å². The minimum absolute atomic E-state index is 0.390. The summed E-state index contributed by atoms with van der Waals surface area (Å²) in [5.74, 6) is -0.544. The summed E-state index contributed by atoms with van der Waals surface area (Å²) in [7, 11) is 0. The maximum atomic E-state index is 11.3. The van der Waals surface area contributed by atoms with Crippen molar-refractivity contribution in [1.29, 1.82) is 0 Å². The molecule has 1 heterocycles. The average Bonchev–Trinajstić information content (AvgIpc) is 2.46. The lowest BCUT2D eigenvalue weighted by Gasteiger charge is -2.06. The summed E-state index contributed by atoms with van der Waals surface area (Å²) >= 11 is 0. The second-order valence-corrected chi connectivity index (χ2v) is 2.89. The molecular weight excluding hydrogens is 182 g/mol. The molecule has 2 rings (SSSR count). The molecule has 4 nitrogen and oxygen atoms in total. The van der Waals surface area contributed by atoms with Crippen LogP contribution < -0.4 is 10.1 Å². The Morgan fingerprint density at radius 3 is 2.86 bits per heavy atom. The fraction of sp³-hybridized carbons (Fsp3) is 0.200. The Bertz CT molecular complexity index is 412. The molecular formula is C10H9NO3. The van der Waals surface area contributed by atoms with Gasteiger partial charge in [0.1, 0.15) is 5.75 Å². The number of benzene rings is 1. The predicted molar refractivity (Wildman–Crippen MR) is 50.6 cm³/mol. The van der Waals surface area contributed by atoms with Gasteiger partial charge in [-0.1, -0.05) is 6.07 Å². The Morgan fingerprint density at radius 2 is 2.14 bits per heavy atom. The molecule has 14 heavy (non-hydrogen) atoms. The largest absolute Gasteiger partial charge is 0.492 e. The molecule has 1 aromatic carbocycles. The number of hydrogen-bond donors (Lipinski definition) is 1. The van der Waals surface area contributed by atoms with E-state index in [1.165, 1.54) is 0 Å². The van der Waals surface area contributed by atoms with Crippen LogP contribution >= 0.6 is 0 Å². The van der Waals surface area contributed by atoms with Crippen molar-refractivity contribution in [3.63, 3.8) is 0 Å². The van der Waals surface area contributed by atoms with E-state index in [2.05, 4.69) is 5.32 Å². The van der Waals surface area contributed by atoms with Gasteiger partial charge in [0, 0.05) is 0 Å². The minimum atomic E-state index is -0.591. The molecule has 0 aromatic heterocycles. The zero-order valence-corrected chi connectivity index (χ0v) is 7.66. The summed E-state index contributed by atoms with van der Waals surface area (Å²) in [5.41, 5.74) is 0.880. The molecule has 0 atom stereocenters. The summed E-state index contributed by atoms with van der Waals surface area (Å²) in [4.78, 5) is 22.4. The van der Waals surface area contributed by atoms with E-state index in [0.717, 1.165) is 0 Å². The van der Waals surface area contributed by atoms with Crippen molar-refractivity contribution in [2.75, 3.05) is 11.9 Å². The first-order chi connectivity index (χ1) is 6.74. The quantitative estimate of drug-likeness (QED) is 0.715. The van der Waals surface area contributed by atoms with Crippen LogP contribution in [0, 0.1) is 0 Å². The highest BCUT2D eigenvalue weighted by atomic mass is 16.5. The number of anilines is 1. The molecule has 0 spiro atoms. The number of amides is 1. The topological polar surface area (TPSA) is 55.4 Å². The fourth-order valence-corrected chi connectivity index (χ4v) is 1.42. The number of carbonyl (C=O) groups excluding carboxylic acids is 2. The van der Waals surface area contributed by atoms with E-state index in [1.54, 1.807) is 18.2 Å². The molecule has 1 aromatic rings. The second kappa shape index (κ2) is 3.14. The molecule has 1 aliphatic rings. The smallest absolute Gasteiger partial charge is 0.296 e. The van der Waals surface area contributed by atoms with Crippen LogP contribution in [0.4, 0.5) is 5.69 Å². The van der Waals surface area contributed by atoms with Gasteiger partial charge in [-0.2, -0.15) is 0 Å². The van der Waals surface area contributed by atoms with Gasteiger partial charge in [0.25, 0.3) is 11.7 Å². The minimum Gasteiger partial charge on any atom is -0.492 e. The Morgan fingerprint density at radius 1 is 1.36 bits per heavy atom. The molecule has 1 aliphatic heterocycles. The lowest BCUT2D eigenvalue weighted by atomic mass is 10.1. The molecule has 4 heteroatoms. The molecule has 0 saturated heterocycles. The second-order valence-electron chi connectivity index (χ2n) is 2.89. The van der Waals surface area contributed by atoms with Crippen molar-refractivity contribution in [2.45, 2.75) is 6.92 Å². The lowest BCUT2D eigenvalue weighted by Crippen LogP contribution is -2.12. The number of ether oxygens (including phenoxy) is 1. The lowest BCUT2D eigenvalue weighted by molar-refractivity contribution is -0.112. The molecule has 1 N–H and O–H groups in total. The third kappa shape index (κ3) is 1.16. The molecule has 0 radical (unpaired) electrons. The number of rotatable bonds is 2. The standard InChI is InChI=1S/C10H9NO3/c1-2-14-7-5-3-4-6-8(7)11-10(13)9(6)12/h3-5H,2H2,1H3,(H,11,12,13). The highest BCUT2D eigenvalue weighted by molar-refractivity contribution is 6.52. The summed E-state index contributed by atoms with van der Waals surface area (Å²) < 4.78 is 5.28. The third-order valence-electron chi connectivity index (χ3n) is 2.02. The Hall–Kier alpha value is -1.84. The number of hydrogen-bond acceptors (Lipinski definition) is 3. The van der Waals surface area contributed by atoms with Crippen molar-refractivity contribution < 1.29 is 14.3 Å². The number of carbonyl (C=O) groups is 2. The maximum absolute atomic E-state index is 11.3. The van der Waals surface area contributed by atoms with Gasteiger partial charge in [-0.3, -0.25) is 9.59 Å². The van der Waals surface area contributed by atoms with Gasteiger partial charge >= 0.3 is 0 Å². The van der Waals surface area contributed by atoms with E-state index >= 15 is 0 Å².